The van der Waals surface area contributed by atoms with Crippen LogP contribution in [0.25, 0.3) is 21.9 Å². The van der Waals surface area contributed by atoms with Crippen molar-refractivity contribution >= 4 is 22.6 Å². The van der Waals surface area contributed by atoms with E-state index in [1.807, 2.05) is 55.6 Å². The van der Waals surface area contributed by atoms with Crippen LogP contribution in [0.4, 0.5) is 0 Å². The molecule has 1 aromatic heterocycles. The van der Waals surface area contributed by atoms with Gasteiger partial charge in [-0.3, -0.25) is 14.7 Å². The van der Waals surface area contributed by atoms with Gasteiger partial charge in [0, 0.05) is 30.9 Å². The van der Waals surface area contributed by atoms with Crippen LogP contribution in [0.2, 0.25) is 0 Å². The van der Waals surface area contributed by atoms with Crippen LogP contribution in [0.1, 0.15) is 32.0 Å². The first kappa shape index (κ1) is 18.1. The van der Waals surface area contributed by atoms with Crippen LogP contribution in [0.3, 0.4) is 0 Å². The molecule has 4 aromatic rings. The molecule has 30 heavy (non-hydrogen) atoms. The molecular weight excluding hydrogens is 376 g/mol. The van der Waals surface area contributed by atoms with E-state index in [-0.39, 0.29) is 11.8 Å². The fourth-order valence-corrected chi connectivity index (χ4v) is 4.05. The second-order valence-corrected chi connectivity index (χ2v) is 7.50. The molecule has 0 saturated carbocycles. The van der Waals surface area contributed by atoms with Gasteiger partial charge in [0.05, 0.1) is 12.2 Å². The summed E-state index contributed by atoms with van der Waals surface area (Å²) in [5.74, 6) is -0.0702. The van der Waals surface area contributed by atoms with Gasteiger partial charge in [-0.2, -0.15) is 5.10 Å². The Kier molecular flexibility index (Phi) is 4.32. The minimum Gasteiger partial charge on any atom is -0.346 e. The standard InChI is InChI=1S/C24H20N4O2/c1-28-14-16-12-15(8-9-19(16)24(28)30)18-4-2-6-21-20(18)5-3-7-22(21)23(29)25-13-17-10-11-26-27-17/h2-12H,13-14H2,1H3,(H,25,29)(H,26,27). The lowest BCUT2D eigenvalue weighted by Crippen LogP contribution is -2.23. The Hall–Kier alpha value is -3.93. The first-order valence-corrected chi connectivity index (χ1v) is 9.79. The predicted molar refractivity (Wildman–Crippen MR) is 115 cm³/mol. The average molecular weight is 396 g/mol. The van der Waals surface area contributed by atoms with E-state index in [1.54, 1.807) is 11.1 Å². The van der Waals surface area contributed by atoms with Gasteiger partial charge in [-0.15, -0.1) is 0 Å². The van der Waals surface area contributed by atoms with Crippen LogP contribution in [0.15, 0.2) is 66.9 Å². The zero-order chi connectivity index (χ0) is 20.7. The van der Waals surface area contributed by atoms with Crippen molar-refractivity contribution in [3.63, 3.8) is 0 Å². The fourth-order valence-electron chi connectivity index (χ4n) is 4.05. The van der Waals surface area contributed by atoms with Crippen LogP contribution < -0.4 is 5.32 Å². The third-order valence-corrected chi connectivity index (χ3v) is 5.57. The topological polar surface area (TPSA) is 78.1 Å². The summed E-state index contributed by atoms with van der Waals surface area (Å²) in [6.45, 7) is 1.01. The highest BCUT2D eigenvalue weighted by molar-refractivity contribution is 6.10. The number of fused-ring (bicyclic) bond motifs is 2. The molecule has 148 valence electrons. The van der Waals surface area contributed by atoms with E-state index < -0.39 is 0 Å². The Morgan fingerprint density at radius 1 is 1.07 bits per heavy atom. The summed E-state index contributed by atoms with van der Waals surface area (Å²) in [6.07, 6.45) is 1.66. The van der Waals surface area contributed by atoms with Crippen molar-refractivity contribution in [1.82, 2.24) is 20.4 Å². The predicted octanol–water partition coefficient (Wildman–Crippen LogP) is 3.75. The molecule has 0 radical (unpaired) electrons. The van der Waals surface area contributed by atoms with Gasteiger partial charge in [0.1, 0.15) is 0 Å². The van der Waals surface area contributed by atoms with E-state index in [9.17, 15) is 9.59 Å². The summed E-state index contributed by atoms with van der Waals surface area (Å²) in [5, 5.41) is 11.6. The molecule has 0 fully saturated rings. The molecule has 3 aromatic carbocycles. The van der Waals surface area contributed by atoms with Gasteiger partial charge < -0.3 is 10.2 Å². The average Bonchev–Trinajstić information content (AvgIpc) is 3.39. The highest BCUT2D eigenvalue weighted by Gasteiger charge is 2.24. The number of nitrogens with one attached hydrogen (secondary N) is 2. The van der Waals surface area contributed by atoms with E-state index in [0.29, 0.717) is 18.7 Å². The summed E-state index contributed by atoms with van der Waals surface area (Å²) in [4.78, 5) is 26.8. The number of carbonyl (C=O) groups excluding carboxylic acids is 2. The Labute approximate surface area is 173 Å². The molecule has 1 aliphatic rings. The molecule has 2 heterocycles. The number of carbonyl (C=O) groups is 2. The number of nitrogens with zero attached hydrogens (tertiary/aromatic N) is 2. The molecule has 1 aliphatic heterocycles. The van der Waals surface area contributed by atoms with Crippen LogP contribution in [-0.4, -0.2) is 34.0 Å². The number of rotatable bonds is 4. The molecule has 2 amide bonds. The van der Waals surface area contributed by atoms with Crippen molar-refractivity contribution in [2.45, 2.75) is 13.1 Å². The molecular formula is C24H20N4O2. The highest BCUT2D eigenvalue weighted by Crippen LogP contribution is 2.33. The maximum absolute atomic E-state index is 12.8. The van der Waals surface area contributed by atoms with E-state index >= 15 is 0 Å². The van der Waals surface area contributed by atoms with Gasteiger partial charge in [-0.05, 0) is 51.7 Å². The number of benzene rings is 3. The molecule has 0 unspecified atom stereocenters. The number of hydrogen-bond donors (Lipinski definition) is 2. The summed E-state index contributed by atoms with van der Waals surface area (Å²) < 4.78 is 0. The number of H-pyrrole nitrogens is 1. The van der Waals surface area contributed by atoms with Crippen molar-refractivity contribution in [2.24, 2.45) is 0 Å². The van der Waals surface area contributed by atoms with Crippen molar-refractivity contribution < 1.29 is 9.59 Å². The summed E-state index contributed by atoms with van der Waals surface area (Å²) >= 11 is 0. The Morgan fingerprint density at radius 3 is 2.73 bits per heavy atom. The largest absolute Gasteiger partial charge is 0.346 e. The third-order valence-electron chi connectivity index (χ3n) is 5.57. The Morgan fingerprint density at radius 2 is 1.90 bits per heavy atom. The molecule has 0 aliphatic carbocycles. The van der Waals surface area contributed by atoms with E-state index in [0.717, 1.165) is 38.7 Å². The zero-order valence-corrected chi connectivity index (χ0v) is 16.5. The second kappa shape index (κ2) is 7.15. The lowest BCUT2D eigenvalue weighted by molar-refractivity contribution is 0.0816. The number of hydrogen-bond acceptors (Lipinski definition) is 3. The van der Waals surface area contributed by atoms with Crippen LogP contribution >= 0.6 is 0 Å². The first-order valence-electron chi connectivity index (χ1n) is 9.79. The van der Waals surface area contributed by atoms with E-state index in [4.69, 9.17) is 0 Å². The third kappa shape index (κ3) is 3.03. The Balaban J connectivity index is 1.52. The SMILES string of the molecule is CN1Cc2cc(-c3cccc4c(C(=O)NCc5ccn[nH]5)cccc34)ccc2C1=O. The molecule has 0 bridgehead atoms. The molecule has 5 rings (SSSR count). The molecule has 0 saturated heterocycles. The summed E-state index contributed by atoms with van der Waals surface area (Å²) in [6, 6.07) is 19.5. The van der Waals surface area contributed by atoms with Crippen molar-refractivity contribution in [2.75, 3.05) is 7.05 Å². The van der Waals surface area contributed by atoms with Crippen molar-refractivity contribution in [3.8, 4) is 11.1 Å². The minimum atomic E-state index is -0.131. The minimum absolute atomic E-state index is 0.0608. The van der Waals surface area contributed by atoms with Gasteiger partial charge in [0.2, 0.25) is 0 Å². The molecule has 0 atom stereocenters. The molecule has 6 heteroatoms. The molecule has 6 nitrogen and oxygen atoms in total. The monoisotopic (exact) mass is 396 g/mol. The van der Waals surface area contributed by atoms with Gasteiger partial charge in [0.15, 0.2) is 0 Å². The van der Waals surface area contributed by atoms with E-state index in [2.05, 4.69) is 27.6 Å². The smallest absolute Gasteiger partial charge is 0.254 e. The van der Waals surface area contributed by atoms with E-state index in [1.165, 1.54) is 0 Å². The van der Waals surface area contributed by atoms with Gasteiger partial charge >= 0.3 is 0 Å². The zero-order valence-electron chi connectivity index (χ0n) is 16.5. The first-order chi connectivity index (χ1) is 14.6. The van der Waals surface area contributed by atoms with Crippen molar-refractivity contribution in [3.05, 3.63) is 89.2 Å². The normalized spacial score (nSPS) is 13.0. The number of aromatic amines is 1. The van der Waals surface area contributed by atoms with Crippen LogP contribution in [-0.2, 0) is 13.1 Å². The van der Waals surface area contributed by atoms with Gasteiger partial charge in [-0.1, -0.05) is 36.4 Å². The number of amides is 2. The van der Waals surface area contributed by atoms with Gasteiger partial charge in [-0.25, -0.2) is 0 Å². The lowest BCUT2D eigenvalue weighted by Gasteiger charge is -2.12. The van der Waals surface area contributed by atoms with Crippen molar-refractivity contribution in [1.29, 1.82) is 0 Å². The van der Waals surface area contributed by atoms with Gasteiger partial charge in [0.25, 0.3) is 11.8 Å². The highest BCUT2D eigenvalue weighted by atomic mass is 16.2. The summed E-state index contributed by atoms with van der Waals surface area (Å²) in [5.41, 5.74) is 5.36. The Bertz CT molecular complexity index is 1280. The number of aromatic nitrogens is 2. The second-order valence-electron chi connectivity index (χ2n) is 7.50. The maximum Gasteiger partial charge on any atom is 0.254 e. The fraction of sp³-hybridized carbons (Fsp3) is 0.125. The maximum atomic E-state index is 12.8. The van der Waals surface area contributed by atoms with Crippen LogP contribution in [0.5, 0.6) is 0 Å². The quantitative estimate of drug-likeness (QED) is 0.552. The lowest BCUT2D eigenvalue weighted by atomic mass is 9.93. The summed E-state index contributed by atoms with van der Waals surface area (Å²) in [7, 11) is 1.81. The molecule has 2 N–H and O–H groups in total. The van der Waals surface area contributed by atoms with Crippen LogP contribution in [0, 0.1) is 0 Å². The molecule has 0 spiro atoms.